The molecule has 3 rings (SSSR count). The zero-order valence-corrected chi connectivity index (χ0v) is 12.7. The number of carbonyl (C=O) groups is 1. The molecule has 1 heterocycles. The predicted octanol–water partition coefficient (Wildman–Crippen LogP) is 3.59. The minimum Gasteiger partial charge on any atom is -0.469 e. The second-order valence-electron chi connectivity index (χ2n) is 5.73. The molecule has 1 aromatic heterocycles. The average Bonchev–Trinajstić information content (AvgIpc) is 3.02. The minimum absolute atomic E-state index is 0.0802. The lowest BCUT2D eigenvalue weighted by molar-refractivity contribution is 0.235. The van der Waals surface area contributed by atoms with E-state index >= 15 is 0 Å². The van der Waals surface area contributed by atoms with Crippen LogP contribution in [-0.4, -0.2) is 12.6 Å². The Bertz CT molecular complexity index is 607. The summed E-state index contributed by atoms with van der Waals surface area (Å²) >= 11 is 0. The van der Waals surface area contributed by atoms with Crippen LogP contribution >= 0.6 is 0 Å². The van der Waals surface area contributed by atoms with Gasteiger partial charge in [0.1, 0.15) is 5.76 Å². The first kappa shape index (κ1) is 14.7. The maximum absolute atomic E-state index is 12.0. The molecule has 0 aliphatic heterocycles. The van der Waals surface area contributed by atoms with Gasteiger partial charge in [-0.25, -0.2) is 4.79 Å². The average molecular weight is 298 g/mol. The van der Waals surface area contributed by atoms with Gasteiger partial charge in [-0.05, 0) is 37.3 Å². The van der Waals surface area contributed by atoms with Crippen LogP contribution in [0.25, 0.3) is 0 Å². The maximum atomic E-state index is 12.0. The topological polar surface area (TPSA) is 54.3 Å². The van der Waals surface area contributed by atoms with Crippen LogP contribution in [0.15, 0.2) is 47.1 Å². The van der Waals surface area contributed by atoms with Gasteiger partial charge in [-0.3, -0.25) is 0 Å². The van der Waals surface area contributed by atoms with Crippen molar-refractivity contribution in [1.29, 1.82) is 0 Å². The van der Waals surface area contributed by atoms with E-state index in [1.165, 1.54) is 5.56 Å². The molecule has 0 saturated heterocycles. The van der Waals surface area contributed by atoms with Crippen molar-refractivity contribution in [1.82, 2.24) is 10.6 Å². The largest absolute Gasteiger partial charge is 0.469 e. The van der Waals surface area contributed by atoms with Crippen molar-refractivity contribution < 1.29 is 9.21 Å². The number of urea groups is 1. The van der Waals surface area contributed by atoms with Crippen LogP contribution in [0.3, 0.4) is 0 Å². The van der Waals surface area contributed by atoms with Gasteiger partial charge in [0.05, 0.1) is 12.3 Å². The smallest absolute Gasteiger partial charge is 0.315 e. The minimum atomic E-state index is -0.0906. The lowest BCUT2D eigenvalue weighted by atomic mass is 9.93. The summed E-state index contributed by atoms with van der Waals surface area (Å²) in [4.78, 5) is 12.0. The molecule has 1 unspecified atom stereocenters. The molecule has 1 atom stereocenters. The molecule has 2 amide bonds. The van der Waals surface area contributed by atoms with E-state index in [1.54, 1.807) is 6.26 Å². The molecule has 1 aliphatic carbocycles. The highest BCUT2D eigenvalue weighted by molar-refractivity contribution is 5.74. The molecule has 4 heteroatoms. The predicted molar refractivity (Wildman–Crippen MR) is 85.7 cm³/mol. The number of aryl methyl sites for hydroxylation is 2. The van der Waals surface area contributed by atoms with E-state index in [-0.39, 0.29) is 12.1 Å². The van der Waals surface area contributed by atoms with Crippen LogP contribution in [-0.2, 0) is 12.8 Å². The highest BCUT2D eigenvalue weighted by Gasteiger charge is 2.23. The van der Waals surface area contributed by atoms with Crippen molar-refractivity contribution in [2.45, 2.75) is 38.1 Å². The van der Waals surface area contributed by atoms with Gasteiger partial charge in [0.25, 0.3) is 0 Å². The molecule has 2 N–H and O–H groups in total. The van der Waals surface area contributed by atoms with Crippen LogP contribution in [0.1, 0.15) is 42.2 Å². The number of rotatable bonds is 5. The number of nitrogens with one attached hydrogen (secondary N) is 2. The summed E-state index contributed by atoms with van der Waals surface area (Å²) in [5.41, 5.74) is 2.44. The van der Waals surface area contributed by atoms with Crippen molar-refractivity contribution >= 4 is 6.03 Å². The molecule has 0 bridgehead atoms. The Morgan fingerprint density at radius 1 is 1.23 bits per heavy atom. The molecular weight excluding hydrogens is 276 g/mol. The fraction of sp³-hybridized carbons (Fsp3) is 0.389. The van der Waals surface area contributed by atoms with Crippen molar-refractivity contribution in [2.24, 2.45) is 0 Å². The Morgan fingerprint density at radius 2 is 2.09 bits per heavy atom. The van der Waals surface area contributed by atoms with Gasteiger partial charge in [0.15, 0.2) is 0 Å². The summed E-state index contributed by atoms with van der Waals surface area (Å²) in [6.07, 6.45) is 6.64. The van der Waals surface area contributed by atoms with E-state index in [1.807, 2.05) is 24.3 Å². The van der Waals surface area contributed by atoms with E-state index in [2.05, 4.69) is 22.8 Å². The first-order valence-electron chi connectivity index (χ1n) is 7.97. The van der Waals surface area contributed by atoms with Crippen LogP contribution in [0.4, 0.5) is 4.79 Å². The summed E-state index contributed by atoms with van der Waals surface area (Å²) in [5.74, 6) is 1.01. The molecule has 0 spiro atoms. The molecule has 4 nitrogen and oxygen atoms in total. The van der Waals surface area contributed by atoms with E-state index < -0.39 is 0 Å². The SMILES string of the molecule is O=C(NCCCc1ccccc1)NC1CCCc2occc21. The molecular formula is C18H22N2O2. The van der Waals surface area contributed by atoms with Gasteiger partial charge >= 0.3 is 6.03 Å². The number of furan rings is 1. The maximum Gasteiger partial charge on any atom is 0.315 e. The number of benzene rings is 1. The summed E-state index contributed by atoms with van der Waals surface area (Å²) in [6, 6.07) is 12.3. The Labute approximate surface area is 130 Å². The fourth-order valence-electron chi connectivity index (χ4n) is 2.98. The molecule has 1 aliphatic rings. The molecule has 116 valence electrons. The third-order valence-electron chi connectivity index (χ3n) is 4.13. The first-order valence-corrected chi connectivity index (χ1v) is 7.97. The Hall–Kier alpha value is -2.23. The van der Waals surface area contributed by atoms with Crippen molar-refractivity contribution in [3.63, 3.8) is 0 Å². The fourth-order valence-corrected chi connectivity index (χ4v) is 2.98. The summed E-state index contributed by atoms with van der Waals surface area (Å²) in [7, 11) is 0. The monoisotopic (exact) mass is 298 g/mol. The van der Waals surface area contributed by atoms with E-state index in [9.17, 15) is 4.79 Å². The van der Waals surface area contributed by atoms with Gasteiger partial charge < -0.3 is 15.1 Å². The van der Waals surface area contributed by atoms with Gasteiger partial charge in [0, 0.05) is 18.5 Å². The van der Waals surface area contributed by atoms with E-state index in [0.29, 0.717) is 6.54 Å². The van der Waals surface area contributed by atoms with Gasteiger partial charge in [0.2, 0.25) is 0 Å². The number of carbonyl (C=O) groups excluding carboxylic acids is 1. The van der Waals surface area contributed by atoms with E-state index in [4.69, 9.17) is 4.42 Å². The highest BCUT2D eigenvalue weighted by Crippen LogP contribution is 2.30. The highest BCUT2D eigenvalue weighted by atomic mass is 16.3. The quantitative estimate of drug-likeness (QED) is 0.829. The second kappa shape index (κ2) is 7.16. The summed E-state index contributed by atoms with van der Waals surface area (Å²) < 4.78 is 5.44. The number of hydrogen-bond donors (Lipinski definition) is 2. The summed E-state index contributed by atoms with van der Waals surface area (Å²) in [5, 5.41) is 5.99. The van der Waals surface area contributed by atoms with Crippen molar-refractivity contribution in [3.05, 3.63) is 59.5 Å². The lowest BCUT2D eigenvalue weighted by Crippen LogP contribution is -2.39. The molecule has 22 heavy (non-hydrogen) atoms. The molecule has 2 aromatic rings. The number of amides is 2. The standard InChI is InChI=1S/C18H22N2O2/c21-18(19-12-5-8-14-6-2-1-3-7-14)20-16-9-4-10-17-15(16)11-13-22-17/h1-3,6-7,11,13,16H,4-5,8-10,12H2,(H2,19,20,21). The third kappa shape index (κ3) is 3.70. The van der Waals surface area contributed by atoms with Crippen LogP contribution < -0.4 is 10.6 Å². The molecule has 0 fully saturated rings. The normalized spacial score (nSPS) is 16.8. The Kier molecular flexibility index (Phi) is 4.78. The summed E-state index contributed by atoms with van der Waals surface area (Å²) in [6.45, 7) is 0.686. The zero-order chi connectivity index (χ0) is 15.2. The lowest BCUT2D eigenvalue weighted by Gasteiger charge is -2.22. The number of hydrogen-bond acceptors (Lipinski definition) is 2. The zero-order valence-electron chi connectivity index (χ0n) is 12.7. The van der Waals surface area contributed by atoms with Gasteiger partial charge in [-0.15, -0.1) is 0 Å². The third-order valence-corrected chi connectivity index (χ3v) is 4.13. The van der Waals surface area contributed by atoms with E-state index in [0.717, 1.165) is 43.4 Å². The van der Waals surface area contributed by atoms with Crippen molar-refractivity contribution in [2.75, 3.05) is 6.54 Å². The van der Waals surface area contributed by atoms with Gasteiger partial charge in [-0.1, -0.05) is 30.3 Å². The Balaban J connectivity index is 1.40. The van der Waals surface area contributed by atoms with Crippen molar-refractivity contribution in [3.8, 4) is 0 Å². The first-order chi connectivity index (χ1) is 10.8. The molecule has 0 radical (unpaired) electrons. The van der Waals surface area contributed by atoms with Gasteiger partial charge in [-0.2, -0.15) is 0 Å². The number of fused-ring (bicyclic) bond motifs is 1. The van der Waals surface area contributed by atoms with Crippen LogP contribution in [0.2, 0.25) is 0 Å². The molecule has 1 aromatic carbocycles. The van der Waals surface area contributed by atoms with Crippen LogP contribution in [0, 0.1) is 0 Å². The molecule has 0 saturated carbocycles. The Morgan fingerprint density at radius 3 is 2.95 bits per heavy atom. The second-order valence-corrected chi connectivity index (χ2v) is 5.73. The van der Waals surface area contributed by atoms with Crippen LogP contribution in [0.5, 0.6) is 0 Å².